The first-order valence-electron chi connectivity index (χ1n) is 9.59. The average molecular weight is 489 g/mol. The summed E-state index contributed by atoms with van der Waals surface area (Å²) in [7, 11) is -4.71. The standard InChI is InChI=1S/C8H26O3Si4.C8H14O.5CH4/c1-13(2)8-9-15(6,7)11-12-10-14(3,4)5;1-2-6-3-4-7-8(5-6)9-7;;;;;/h13H,8,12H2,1-7H3;6-8H,2-5H2,1H3;5*1H4. The molecule has 0 N–H and O–H groups in total. The Morgan fingerprint density at radius 2 is 1.45 bits per heavy atom. The van der Waals surface area contributed by atoms with Gasteiger partial charge in [-0.1, -0.05) is 63.6 Å². The smallest absolute Gasteiger partial charge is 0.322 e. The maximum absolute atomic E-state index is 5.85. The SMILES string of the molecule is C.C.C.C.C.CCC1CCC2OC2C1.C[SiH](C)CO[Si](C)(C)O[SiH2]O[Si](C)(C)C. The first-order valence-corrected chi connectivity index (χ1v) is 20.1. The quantitative estimate of drug-likeness (QED) is 0.280. The Kier molecular flexibility index (Phi) is 25.3. The van der Waals surface area contributed by atoms with Gasteiger partial charge >= 0.3 is 8.56 Å². The van der Waals surface area contributed by atoms with E-state index < -0.39 is 35.7 Å². The summed E-state index contributed by atoms with van der Waals surface area (Å²) >= 11 is 0. The minimum atomic E-state index is -1.87. The zero-order valence-electron chi connectivity index (χ0n) is 17.2. The summed E-state index contributed by atoms with van der Waals surface area (Å²) < 4.78 is 22.9. The Morgan fingerprint density at radius 3 is 1.86 bits per heavy atom. The molecule has 0 aromatic heterocycles. The van der Waals surface area contributed by atoms with Gasteiger partial charge in [0.25, 0.3) is 10.0 Å². The van der Waals surface area contributed by atoms with Gasteiger partial charge in [0, 0.05) is 6.23 Å². The molecule has 1 saturated heterocycles. The van der Waals surface area contributed by atoms with Crippen LogP contribution < -0.4 is 0 Å². The molecule has 2 aliphatic rings. The maximum atomic E-state index is 5.85. The summed E-state index contributed by atoms with van der Waals surface area (Å²) in [6.45, 7) is 17.7. The van der Waals surface area contributed by atoms with E-state index in [9.17, 15) is 0 Å². The van der Waals surface area contributed by atoms with Gasteiger partial charge < -0.3 is 17.4 Å². The van der Waals surface area contributed by atoms with E-state index >= 15 is 0 Å². The molecule has 1 aliphatic carbocycles. The molecule has 4 nitrogen and oxygen atoms in total. The first-order chi connectivity index (χ1) is 11.0. The molecule has 0 amide bonds. The van der Waals surface area contributed by atoms with Gasteiger partial charge in [0.15, 0.2) is 8.32 Å². The number of hydrogen-bond donors (Lipinski definition) is 0. The second-order valence-corrected chi connectivity index (χ2v) is 21.9. The van der Waals surface area contributed by atoms with E-state index in [1.165, 1.54) is 25.7 Å². The van der Waals surface area contributed by atoms with Crippen molar-refractivity contribution in [3.8, 4) is 0 Å². The zero-order valence-corrected chi connectivity index (χ0v) is 21.8. The van der Waals surface area contributed by atoms with Gasteiger partial charge in [-0.15, -0.1) is 0 Å². The topological polar surface area (TPSA) is 40.2 Å². The van der Waals surface area contributed by atoms with Crippen molar-refractivity contribution in [3.63, 3.8) is 0 Å². The van der Waals surface area contributed by atoms with Crippen LogP contribution in [0.3, 0.4) is 0 Å². The molecular formula is C21H60O4Si4. The van der Waals surface area contributed by atoms with E-state index in [-0.39, 0.29) is 37.1 Å². The monoisotopic (exact) mass is 488 g/mol. The third-order valence-corrected chi connectivity index (χ3v) is 13.6. The molecule has 1 heterocycles. The minimum absolute atomic E-state index is 0. The van der Waals surface area contributed by atoms with Crippen molar-refractivity contribution in [1.29, 1.82) is 0 Å². The van der Waals surface area contributed by atoms with Crippen LogP contribution in [0.5, 0.6) is 0 Å². The van der Waals surface area contributed by atoms with Crippen LogP contribution in [0.1, 0.15) is 69.7 Å². The molecule has 2 rings (SSSR count). The lowest BCUT2D eigenvalue weighted by Gasteiger charge is -2.26. The summed E-state index contributed by atoms with van der Waals surface area (Å²) in [4.78, 5) is 0. The third kappa shape index (κ3) is 20.4. The van der Waals surface area contributed by atoms with Crippen LogP contribution in [0.2, 0.25) is 45.8 Å². The van der Waals surface area contributed by atoms with Gasteiger partial charge in [0.1, 0.15) is 0 Å². The summed E-state index contributed by atoms with van der Waals surface area (Å²) in [6.07, 6.45) is 7.76. The van der Waals surface area contributed by atoms with E-state index in [4.69, 9.17) is 17.4 Å². The van der Waals surface area contributed by atoms with E-state index in [0.29, 0.717) is 12.2 Å². The second kappa shape index (κ2) is 18.3. The van der Waals surface area contributed by atoms with Crippen molar-refractivity contribution >= 4 is 35.7 Å². The number of rotatable bonds is 8. The highest BCUT2D eigenvalue weighted by Gasteiger charge is 2.43. The maximum Gasteiger partial charge on any atom is 0.322 e. The van der Waals surface area contributed by atoms with Crippen molar-refractivity contribution in [3.05, 3.63) is 0 Å². The molecule has 8 heteroatoms. The number of ether oxygens (including phenoxy) is 1. The van der Waals surface area contributed by atoms with Gasteiger partial charge in [0.05, 0.1) is 21.0 Å². The zero-order chi connectivity index (χ0) is 18.4. The Labute approximate surface area is 192 Å². The van der Waals surface area contributed by atoms with Crippen molar-refractivity contribution in [2.24, 2.45) is 5.92 Å². The summed E-state index contributed by atoms with van der Waals surface area (Å²) in [6, 6.07) is 0. The van der Waals surface area contributed by atoms with Crippen molar-refractivity contribution < 1.29 is 17.4 Å². The highest BCUT2D eigenvalue weighted by atomic mass is 28.4. The fourth-order valence-electron chi connectivity index (χ4n) is 2.61. The molecule has 0 aromatic carbocycles. The van der Waals surface area contributed by atoms with Gasteiger partial charge in [-0.2, -0.15) is 0 Å². The predicted octanol–water partition coefficient (Wildman–Crippen LogP) is 6.74. The summed E-state index contributed by atoms with van der Waals surface area (Å²) in [5, 5.41) is 0. The van der Waals surface area contributed by atoms with Crippen molar-refractivity contribution in [2.75, 3.05) is 6.23 Å². The third-order valence-electron chi connectivity index (χ3n) is 4.35. The number of hydrogen-bond acceptors (Lipinski definition) is 4. The van der Waals surface area contributed by atoms with E-state index in [1.54, 1.807) is 0 Å². The Balaban J connectivity index is -0.000000120. The molecule has 0 radical (unpaired) electrons. The average Bonchev–Trinajstić information content (AvgIpc) is 3.22. The second-order valence-electron chi connectivity index (χ2n) is 8.92. The molecule has 3 unspecified atom stereocenters. The lowest BCUT2D eigenvalue weighted by molar-refractivity contribution is 0.282. The van der Waals surface area contributed by atoms with E-state index in [1.807, 2.05) is 0 Å². The van der Waals surface area contributed by atoms with Crippen LogP contribution in [0.4, 0.5) is 0 Å². The molecule has 29 heavy (non-hydrogen) atoms. The molecule has 0 bridgehead atoms. The van der Waals surface area contributed by atoms with E-state index in [2.05, 4.69) is 52.8 Å². The van der Waals surface area contributed by atoms with Crippen LogP contribution in [-0.2, 0) is 17.4 Å². The Bertz CT molecular complexity index is 363. The van der Waals surface area contributed by atoms with Crippen LogP contribution in [0.15, 0.2) is 0 Å². The minimum Gasteiger partial charge on any atom is -0.441 e. The van der Waals surface area contributed by atoms with Crippen molar-refractivity contribution in [1.82, 2.24) is 0 Å². The molecule has 184 valence electrons. The Hall–Kier alpha value is 0.708. The normalized spacial score (nSPS) is 22.4. The molecule has 0 spiro atoms. The van der Waals surface area contributed by atoms with Crippen molar-refractivity contribution in [2.45, 2.75) is 128 Å². The predicted molar refractivity (Wildman–Crippen MR) is 146 cm³/mol. The van der Waals surface area contributed by atoms with Crippen LogP contribution >= 0.6 is 0 Å². The van der Waals surface area contributed by atoms with Crippen LogP contribution in [-0.4, -0.2) is 54.1 Å². The summed E-state index contributed by atoms with van der Waals surface area (Å²) in [5.74, 6) is 0.980. The molecule has 1 saturated carbocycles. The fourth-order valence-corrected chi connectivity index (χ4v) is 9.20. The fraction of sp³-hybridized carbons (Fsp3) is 1.00. The Morgan fingerprint density at radius 1 is 0.897 bits per heavy atom. The molecule has 3 atom stereocenters. The number of fused-ring (bicyclic) bond motifs is 1. The van der Waals surface area contributed by atoms with Crippen LogP contribution in [0.25, 0.3) is 0 Å². The first kappa shape index (κ1) is 40.1. The van der Waals surface area contributed by atoms with Gasteiger partial charge in [0.2, 0.25) is 0 Å². The van der Waals surface area contributed by atoms with Crippen LogP contribution in [0, 0.1) is 5.92 Å². The highest BCUT2D eigenvalue weighted by molar-refractivity contribution is 6.75. The van der Waals surface area contributed by atoms with Gasteiger partial charge in [-0.05, 0) is 57.9 Å². The summed E-state index contributed by atoms with van der Waals surface area (Å²) in [5.41, 5.74) is 0. The van der Waals surface area contributed by atoms with Gasteiger partial charge in [-0.3, -0.25) is 0 Å². The molecule has 2 fully saturated rings. The molecular weight excluding hydrogens is 429 g/mol. The highest BCUT2D eigenvalue weighted by Crippen LogP contribution is 2.40. The lowest BCUT2D eigenvalue weighted by Crippen LogP contribution is -2.41. The van der Waals surface area contributed by atoms with E-state index in [0.717, 1.165) is 12.1 Å². The molecule has 1 aliphatic heterocycles. The largest absolute Gasteiger partial charge is 0.441 e. The number of epoxide rings is 1. The van der Waals surface area contributed by atoms with Gasteiger partial charge in [-0.25, -0.2) is 0 Å². The molecule has 0 aromatic rings. The lowest BCUT2D eigenvalue weighted by atomic mass is 9.88.